The molecule has 0 spiro atoms. The number of hydrogen-bond donors (Lipinski definition) is 0. The first-order chi connectivity index (χ1) is 10.6. The number of pyridine rings is 1. The Morgan fingerprint density at radius 3 is 2.91 bits per heavy atom. The zero-order chi connectivity index (χ0) is 15.9. The van der Waals surface area contributed by atoms with Crippen molar-refractivity contribution in [1.29, 1.82) is 0 Å². The van der Waals surface area contributed by atoms with E-state index in [0.717, 1.165) is 18.5 Å². The Bertz CT molecular complexity index is 507. The molecule has 1 atom stereocenters. The molecule has 1 saturated heterocycles. The molecule has 1 aliphatic heterocycles. The van der Waals surface area contributed by atoms with E-state index in [1.54, 1.807) is 30.2 Å². The van der Waals surface area contributed by atoms with Gasteiger partial charge >= 0.3 is 0 Å². The Kier molecular flexibility index (Phi) is 5.89. The number of likely N-dealkylation sites (N-methyl/N-ethyl adjacent to an activating group) is 1. The Morgan fingerprint density at radius 2 is 2.27 bits per heavy atom. The fourth-order valence-electron chi connectivity index (χ4n) is 2.60. The van der Waals surface area contributed by atoms with Gasteiger partial charge in [0.05, 0.1) is 24.9 Å². The maximum Gasteiger partial charge on any atom is 0.242 e. The average molecular weight is 305 g/mol. The maximum absolute atomic E-state index is 12.5. The Morgan fingerprint density at radius 1 is 1.45 bits per heavy atom. The molecule has 1 unspecified atom stereocenters. The van der Waals surface area contributed by atoms with Gasteiger partial charge in [0.2, 0.25) is 11.8 Å². The second kappa shape index (κ2) is 7.89. The van der Waals surface area contributed by atoms with Gasteiger partial charge < -0.3 is 14.5 Å². The Labute approximate surface area is 131 Å². The standard InChI is InChI=1S/C16H23N3O3/c1-18(14(12-22-2)13-7-3-5-9-17-13)16(21)11-19-10-6-4-8-15(19)20/h3,5,7,9,14H,4,6,8,10-12H2,1-2H3. The third-order valence-electron chi connectivity index (χ3n) is 3.96. The summed E-state index contributed by atoms with van der Waals surface area (Å²) < 4.78 is 5.23. The van der Waals surface area contributed by atoms with E-state index in [9.17, 15) is 9.59 Å². The van der Waals surface area contributed by atoms with Crippen LogP contribution in [0.15, 0.2) is 24.4 Å². The molecule has 0 radical (unpaired) electrons. The van der Waals surface area contributed by atoms with Gasteiger partial charge in [0, 0.05) is 33.3 Å². The van der Waals surface area contributed by atoms with Crippen LogP contribution in [0.3, 0.4) is 0 Å². The molecule has 2 heterocycles. The molecule has 6 heteroatoms. The third kappa shape index (κ3) is 4.04. The summed E-state index contributed by atoms with van der Waals surface area (Å²) in [6.45, 7) is 1.16. The van der Waals surface area contributed by atoms with Crippen LogP contribution < -0.4 is 0 Å². The van der Waals surface area contributed by atoms with Gasteiger partial charge in [-0.25, -0.2) is 0 Å². The first-order valence-electron chi connectivity index (χ1n) is 7.56. The van der Waals surface area contributed by atoms with E-state index < -0.39 is 0 Å². The predicted molar refractivity (Wildman–Crippen MR) is 82.1 cm³/mol. The van der Waals surface area contributed by atoms with E-state index in [0.29, 0.717) is 19.6 Å². The number of carbonyl (C=O) groups excluding carboxylic acids is 2. The molecule has 2 rings (SSSR count). The molecule has 0 bridgehead atoms. The normalized spacial score (nSPS) is 16.5. The highest BCUT2D eigenvalue weighted by Crippen LogP contribution is 2.18. The SMILES string of the molecule is COCC(c1ccccn1)N(C)C(=O)CN1CCCCC1=O. The quantitative estimate of drug-likeness (QED) is 0.793. The van der Waals surface area contributed by atoms with Crippen LogP contribution in [0.4, 0.5) is 0 Å². The number of hydrogen-bond acceptors (Lipinski definition) is 4. The zero-order valence-corrected chi connectivity index (χ0v) is 13.2. The maximum atomic E-state index is 12.5. The molecule has 0 aliphatic carbocycles. The van der Waals surface area contributed by atoms with Crippen LogP contribution >= 0.6 is 0 Å². The number of amides is 2. The molecule has 0 N–H and O–H groups in total. The van der Waals surface area contributed by atoms with Crippen LogP contribution in [0.1, 0.15) is 31.0 Å². The molecular formula is C16H23N3O3. The van der Waals surface area contributed by atoms with Crippen molar-refractivity contribution in [3.63, 3.8) is 0 Å². The number of likely N-dealkylation sites (tertiary alicyclic amines) is 1. The van der Waals surface area contributed by atoms with Crippen LogP contribution in [-0.4, -0.2) is 60.5 Å². The van der Waals surface area contributed by atoms with Crippen molar-refractivity contribution in [3.05, 3.63) is 30.1 Å². The summed E-state index contributed by atoms with van der Waals surface area (Å²) in [6, 6.07) is 5.34. The van der Waals surface area contributed by atoms with Crippen molar-refractivity contribution in [2.75, 3.05) is 33.9 Å². The number of aromatic nitrogens is 1. The van der Waals surface area contributed by atoms with Crippen LogP contribution in [0.2, 0.25) is 0 Å². The lowest BCUT2D eigenvalue weighted by atomic mass is 10.1. The van der Waals surface area contributed by atoms with Crippen molar-refractivity contribution in [1.82, 2.24) is 14.8 Å². The smallest absolute Gasteiger partial charge is 0.242 e. The fourth-order valence-corrected chi connectivity index (χ4v) is 2.60. The summed E-state index contributed by atoms with van der Waals surface area (Å²) in [4.78, 5) is 31.9. The van der Waals surface area contributed by atoms with Crippen LogP contribution in [0, 0.1) is 0 Å². The van der Waals surface area contributed by atoms with Crippen molar-refractivity contribution >= 4 is 11.8 Å². The molecule has 6 nitrogen and oxygen atoms in total. The predicted octanol–water partition coefficient (Wildman–Crippen LogP) is 1.24. The van der Waals surface area contributed by atoms with Crippen LogP contribution in [-0.2, 0) is 14.3 Å². The molecular weight excluding hydrogens is 282 g/mol. The lowest BCUT2D eigenvalue weighted by molar-refractivity contribution is -0.143. The van der Waals surface area contributed by atoms with Gasteiger partial charge in [-0.05, 0) is 25.0 Å². The Balaban J connectivity index is 2.04. The molecule has 1 aliphatic rings. The minimum atomic E-state index is -0.251. The van der Waals surface area contributed by atoms with Crippen molar-refractivity contribution in [2.24, 2.45) is 0 Å². The van der Waals surface area contributed by atoms with Gasteiger partial charge in [-0.1, -0.05) is 6.07 Å². The lowest BCUT2D eigenvalue weighted by Gasteiger charge is -2.31. The summed E-state index contributed by atoms with van der Waals surface area (Å²) in [6.07, 6.45) is 4.12. The average Bonchev–Trinajstić information content (AvgIpc) is 2.55. The summed E-state index contributed by atoms with van der Waals surface area (Å²) in [5, 5.41) is 0. The first-order valence-corrected chi connectivity index (χ1v) is 7.56. The molecule has 1 aromatic heterocycles. The van der Waals surface area contributed by atoms with E-state index in [1.165, 1.54) is 0 Å². The minimum absolute atomic E-state index is 0.0640. The summed E-state index contributed by atoms with van der Waals surface area (Å²) >= 11 is 0. The molecule has 0 saturated carbocycles. The van der Waals surface area contributed by atoms with Gasteiger partial charge in [-0.2, -0.15) is 0 Å². The van der Waals surface area contributed by atoms with E-state index in [-0.39, 0.29) is 24.4 Å². The molecule has 1 fully saturated rings. The van der Waals surface area contributed by atoms with Crippen molar-refractivity contribution in [3.8, 4) is 0 Å². The third-order valence-corrected chi connectivity index (χ3v) is 3.96. The minimum Gasteiger partial charge on any atom is -0.382 e. The van der Waals surface area contributed by atoms with Gasteiger partial charge in [0.15, 0.2) is 0 Å². The highest BCUT2D eigenvalue weighted by atomic mass is 16.5. The second-order valence-electron chi connectivity index (χ2n) is 5.50. The van der Waals surface area contributed by atoms with Gasteiger partial charge in [0.25, 0.3) is 0 Å². The van der Waals surface area contributed by atoms with Gasteiger partial charge in [-0.15, -0.1) is 0 Å². The van der Waals surface area contributed by atoms with E-state index in [2.05, 4.69) is 4.98 Å². The number of rotatable bonds is 6. The number of ether oxygens (including phenoxy) is 1. The van der Waals surface area contributed by atoms with Crippen LogP contribution in [0.25, 0.3) is 0 Å². The lowest BCUT2D eigenvalue weighted by Crippen LogP contribution is -2.45. The van der Waals surface area contributed by atoms with Crippen molar-refractivity contribution in [2.45, 2.75) is 25.3 Å². The van der Waals surface area contributed by atoms with E-state index in [4.69, 9.17) is 4.74 Å². The number of nitrogens with zero attached hydrogens (tertiary/aromatic N) is 3. The molecule has 120 valence electrons. The molecule has 0 aromatic carbocycles. The number of methoxy groups -OCH3 is 1. The summed E-state index contributed by atoms with van der Waals surface area (Å²) in [5.41, 5.74) is 0.783. The molecule has 22 heavy (non-hydrogen) atoms. The van der Waals surface area contributed by atoms with Crippen LogP contribution in [0.5, 0.6) is 0 Å². The van der Waals surface area contributed by atoms with Crippen molar-refractivity contribution < 1.29 is 14.3 Å². The topological polar surface area (TPSA) is 62.7 Å². The van der Waals surface area contributed by atoms with E-state index in [1.807, 2.05) is 18.2 Å². The number of piperidine rings is 1. The summed E-state index contributed by atoms with van der Waals surface area (Å²) in [5.74, 6) is -0.0305. The Hall–Kier alpha value is -1.95. The van der Waals surface area contributed by atoms with Gasteiger partial charge in [0.1, 0.15) is 0 Å². The fraction of sp³-hybridized carbons (Fsp3) is 0.562. The summed E-state index contributed by atoms with van der Waals surface area (Å²) in [7, 11) is 3.33. The monoisotopic (exact) mass is 305 g/mol. The number of carbonyl (C=O) groups is 2. The molecule has 2 amide bonds. The molecule has 1 aromatic rings. The van der Waals surface area contributed by atoms with Gasteiger partial charge in [-0.3, -0.25) is 14.6 Å². The first kappa shape index (κ1) is 16.4. The largest absolute Gasteiger partial charge is 0.382 e. The highest BCUT2D eigenvalue weighted by molar-refractivity contribution is 5.85. The second-order valence-corrected chi connectivity index (χ2v) is 5.50. The highest BCUT2D eigenvalue weighted by Gasteiger charge is 2.26. The van der Waals surface area contributed by atoms with E-state index >= 15 is 0 Å². The zero-order valence-electron chi connectivity index (χ0n) is 13.2.